The summed E-state index contributed by atoms with van der Waals surface area (Å²) >= 11 is 12.1. The number of halogens is 2. The number of anilines is 2. The summed E-state index contributed by atoms with van der Waals surface area (Å²) in [4.78, 5) is 52.7. The van der Waals surface area contributed by atoms with Gasteiger partial charge in [-0.3, -0.25) is 30.7 Å². The molecule has 17 heteroatoms. The van der Waals surface area contributed by atoms with Gasteiger partial charge in [-0.25, -0.2) is 20.3 Å². The van der Waals surface area contributed by atoms with Crippen LogP contribution < -0.4 is 32.8 Å². The second-order valence-corrected chi connectivity index (χ2v) is 12.3. The molecule has 4 aromatic carbocycles. The number of hydrazine groups is 2. The molecule has 0 radical (unpaired) electrons. The van der Waals surface area contributed by atoms with E-state index in [0.29, 0.717) is 45.0 Å². The van der Waals surface area contributed by atoms with Crippen LogP contribution in [0.2, 0.25) is 10.0 Å². The molecule has 4 rings (SSSR count). The van der Waals surface area contributed by atoms with Gasteiger partial charge in [0.25, 0.3) is 17.7 Å². The first-order chi connectivity index (χ1) is 26.1. The average molecular weight is 792 g/mol. The second kappa shape index (κ2) is 22.1. The van der Waals surface area contributed by atoms with Gasteiger partial charge in [0.1, 0.15) is 6.04 Å². The normalized spacial score (nSPS) is 12.1. The van der Waals surface area contributed by atoms with Gasteiger partial charge in [0.05, 0.1) is 35.4 Å². The Bertz CT molecular complexity index is 2040. The Hall–Kier alpha value is -6.20. The highest BCUT2D eigenvalue weighted by atomic mass is 35.5. The standard InChI is InChI=1S/C19H19ClN4O3.C12H13ClN2O3.C7H8N2O/c1-11-14(9-10-15(21-3)16(11)20)22-17(12(2)25)19(27)24-23-18(26)13-7-5-4-6-8-13;1-6-8(4-5-9(14-3)10(6)13)15-11(7(2)16)12(17)18;8-9-7(10)6-4-2-1-3-5-6/h4-10,12,17,22,25H,1-2H3,(H,23,26)(H,24,27);4-5,7,11,15-16H,1-2H3,(H,17,18);1-5H,8H2,(H,9,10)/t12-,17+;7-,11+;/m00./s1. The Morgan fingerprint density at radius 2 is 1.05 bits per heavy atom. The van der Waals surface area contributed by atoms with Gasteiger partial charge in [-0.1, -0.05) is 71.7 Å². The number of nitrogens with one attached hydrogen (secondary N) is 5. The third kappa shape index (κ3) is 13.3. The van der Waals surface area contributed by atoms with Crippen molar-refractivity contribution in [2.45, 2.75) is 52.0 Å². The molecule has 4 aromatic rings. The molecule has 0 heterocycles. The van der Waals surface area contributed by atoms with Crippen molar-refractivity contribution < 1.29 is 34.5 Å². The zero-order valence-electron chi connectivity index (χ0n) is 30.1. The molecular formula is C38H40Cl2N8O7. The lowest BCUT2D eigenvalue weighted by molar-refractivity contribution is -0.140. The van der Waals surface area contributed by atoms with Crippen molar-refractivity contribution in [3.05, 3.63) is 140 Å². The lowest BCUT2D eigenvalue weighted by Gasteiger charge is -2.23. The number of carboxylic acid groups (broad SMARTS) is 1. The Labute approximate surface area is 328 Å². The van der Waals surface area contributed by atoms with Crippen LogP contribution in [0, 0.1) is 27.0 Å². The van der Waals surface area contributed by atoms with Gasteiger partial charge in [-0.15, -0.1) is 0 Å². The summed E-state index contributed by atoms with van der Waals surface area (Å²) in [6.07, 6.45) is -2.11. The molecule has 3 amide bonds. The fourth-order valence-electron chi connectivity index (χ4n) is 4.49. The zero-order valence-corrected chi connectivity index (χ0v) is 31.6. The molecule has 0 fully saturated rings. The van der Waals surface area contributed by atoms with Gasteiger partial charge < -0.3 is 26.0 Å². The van der Waals surface area contributed by atoms with Crippen LogP contribution in [0.25, 0.3) is 9.69 Å². The number of aliphatic hydroxyl groups excluding tert-OH is 2. The molecule has 0 bridgehead atoms. The van der Waals surface area contributed by atoms with E-state index in [1.165, 1.54) is 26.0 Å². The van der Waals surface area contributed by atoms with Gasteiger partial charge in [0.2, 0.25) is 11.4 Å². The van der Waals surface area contributed by atoms with Gasteiger partial charge >= 0.3 is 5.97 Å². The number of hydrogen-bond donors (Lipinski definition) is 9. The highest BCUT2D eigenvalue weighted by Gasteiger charge is 2.26. The van der Waals surface area contributed by atoms with Crippen LogP contribution in [0.3, 0.4) is 0 Å². The van der Waals surface area contributed by atoms with Crippen LogP contribution in [-0.2, 0) is 9.59 Å². The van der Waals surface area contributed by atoms with Crippen LogP contribution in [0.5, 0.6) is 0 Å². The van der Waals surface area contributed by atoms with Crippen molar-refractivity contribution in [2.75, 3.05) is 10.6 Å². The third-order valence-electron chi connectivity index (χ3n) is 7.61. The molecule has 0 spiro atoms. The van der Waals surface area contributed by atoms with E-state index in [9.17, 15) is 29.4 Å². The molecule has 0 aromatic heterocycles. The predicted octanol–water partition coefficient (Wildman–Crippen LogP) is 5.56. The molecule has 4 atom stereocenters. The molecule has 0 saturated heterocycles. The zero-order chi connectivity index (χ0) is 41.2. The summed E-state index contributed by atoms with van der Waals surface area (Å²) in [5.74, 6) is 2.38. The minimum absolute atomic E-state index is 0.263. The first-order valence-corrected chi connectivity index (χ1v) is 17.0. The highest BCUT2D eigenvalue weighted by molar-refractivity contribution is 6.35. The van der Waals surface area contributed by atoms with Crippen molar-refractivity contribution in [1.82, 2.24) is 16.3 Å². The van der Waals surface area contributed by atoms with Crippen molar-refractivity contribution in [3.8, 4) is 0 Å². The molecule has 15 nitrogen and oxygen atoms in total. The number of benzene rings is 4. The topological polar surface area (TPSA) is 224 Å². The maximum absolute atomic E-state index is 12.4. The van der Waals surface area contributed by atoms with Crippen molar-refractivity contribution in [3.63, 3.8) is 0 Å². The Morgan fingerprint density at radius 3 is 1.42 bits per heavy atom. The lowest BCUT2D eigenvalue weighted by atomic mass is 10.1. The molecule has 0 aliphatic carbocycles. The minimum Gasteiger partial charge on any atom is -0.480 e. The van der Waals surface area contributed by atoms with Crippen LogP contribution >= 0.6 is 23.2 Å². The number of nitrogen functional groups attached to an aromatic ring is 1. The number of amides is 3. The molecule has 55 heavy (non-hydrogen) atoms. The number of aliphatic hydroxyl groups is 2. The first-order valence-electron chi connectivity index (χ1n) is 16.2. The monoisotopic (exact) mass is 790 g/mol. The number of aliphatic carboxylic acids is 1. The van der Waals surface area contributed by atoms with E-state index < -0.39 is 42.1 Å². The third-order valence-corrected chi connectivity index (χ3v) is 8.56. The minimum atomic E-state index is -1.16. The van der Waals surface area contributed by atoms with Gasteiger partial charge in [-0.2, -0.15) is 0 Å². The van der Waals surface area contributed by atoms with E-state index in [1.54, 1.807) is 80.6 Å². The largest absolute Gasteiger partial charge is 0.480 e. The molecule has 10 N–H and O–H groups in total. The van der Waals surface area contributed by atoms with Crippen molar-refractivity contribution in [2.24, 2.45) is 5.84 Å². The molecule has 288 valence electrons. The molecule has 0 aliphatic rings. The van der Waals surface area contributed by atoms with E-state index in [4.69, 9.17) is 47.3 Å². The summed E-state index contributed by atoms with van der Waals surface area (Å²) < 4.78 is 0. The lowest BCUT2D eigenvalue weighted by Crippen LogP contribution is -2.52. The number of carbonyl (C=O) groups excluding carboxylic acids is 3. The van der Waals surface area contributed by atoms with Crippen LogP contribution in [0.4, 0.5) is 22.7 Å². The van der Waals surface area contributed by atoms with E-state index in [-0.39, 0.29) is 16.0 Å². The quantitative estimate of drug-likeness (QED) is 0.0421. The summed E-state index contributed by atoms with van der Waals surface area (Å²) in [5.41, 5.74) is 10.4. The summed E-state index contributed by atoms with van der Waals surface area (Å²) in [7, 11) is 0. The van der Waals surface area contributed by atoms with Crippen molar-refractivity contribution >= 4 is 69.6 Å². The first kappa shape index (κ1) is 45.0. The van der Waals surface area contributed by atoms with E-state index in [1.807, 2.05) is 11.5 Å². The Balaban J connectivity index is 0.000000319. The number of carbonyl (C=O) groups is 4. The fourth-order valence-corrected chi connectivity index (χ4v) is 4.90. The number of nitrogens with two attached hydrogens (primary N) is 1. The van der Waals surface area contributed by atoms with Crippen LogP contribution in [0.15, 0.2) is 84.9 Å². The second-order valence-electron chi connectivity index (χ2n) is 11.6. The number of rotatable bonds is 10. The Morgan fingerprint density at radius 1 is 0.655 bits per heavy atom. The smallest absolute Gasteiger partial charge is 0.328 e. The maximum Gasteiger partial charge on any atom is 0.328 e. The van der Waals surface area contributed by atoms with Gasteiger partial charge in [0.15, 0.2) is 6.04 Å². The summed E-state index contributed by atoms with van der Waals surface area (Å²) in [6.45, 7) is 20.2. The predicted molar refractivity (Wildman–Crippen MR) is 211 cm³/mol. The van der Waals surface area contributed by atoms with Gasteiger partial charge in [0, 0.05) is 22.5 Å². The molecule has 0 unspecified atom stereocenters. The van der Waals surface area contributed by atoms with E-state index in [2.05, 4.69) is 31.2 Å². The van der Waals surface area contributed by atoms with Crippen LogP contribution in [0.1, 0.15) is 45.7 Å². The highest BCUT2D eigenvalue weighted by Crippen LogP contribution is 2.34. The van der Waals surface area contributed by atoms with E-state index >= 15 is 0 Å². The molecule has 0 saturated carbocycles. The molecular weight excluding hydrogens is 751 g/mol. The van der Waals surface area contributed by atoms with Gasteiger partial charge in [-0.05, 0) is 75.2 Å². The fraction of sp³-hybridized carbons (Fsp3) is 0.211. The van der Waals surface area contributed by atoms with Crippen molar-refractivity contribution in [1.29, 1.82) is 0 Å². The summed E-state index contributed by atoms with van der Waals surface area (Å²) in [5, 5.41) is 34.5. The molecule has 0 aliphatic heterocycles. The Kier molecular flexibility index (Phi) is 18.1. The maximum atomic E-state index is 12.4. The summed E-state index contributed by atoms with van der Waals surface area (Å²) in [6, 6.07) is 21.2. The number of carboxylic acids is 1. The number of hydrogen-bond acceptors (Lipinski definition) is 9. The SMILES string of the molecule is NNC(=O)c1ccccc1.[C-]#[N+]c1ccc(N[C@@H](C(=O)NNC(=O)c2ccccc2)[C@H](C)O)c(C)c1Cl.[C-]#[N+]c1ccc(N[C@@H](C(=O)O)[C@H](C)O)c(C)c1Cl. The van der Waals surface area contributed by atoms with E-state index in [0.717, 1.165) is 0 Å². The average Bonchev–Trinajstić information content (AvgIpc) is 3.18. The number of nitrogens with zero attached hydrogens (tertiary/aromatic N) is 2. The van der Waals surface area contributed by atoms with Crippen LogP contribution in [-0.4, -0.2) is 63.3 Å².